The number of benzene rings is 1. The largest absolute Gasteiger partial charge is 0.466 e. The van der Waals surface area contributed by atoms with Crippen LogP contribution in [0, 0.1) is 6.92 Å². The average Bonchev–Trinajstić information content (AvgIpc) is 2.74. The maximum absolute atomic E-state index is 11.9. The molecule has 0 saturated heterocycles. The van der Waals surface area contributed by atoms with E-state index in [0.29, 0.717) is 30.2 Å². The third-order valence-electron chi connectivity index (χ3n) is 5.38. The Balaban J connectivity index is 1.90. The van der Waals surface area contributed by atoms with E-state index in [9.17, 15) is 9.59 Å². The number of unbranched alkanes of at least 4 members (excludes halogenated alkanes) is 11. The van der Waals surface area contributed by atoms with Crippen LogP contribution < -0.4 is 4.74 Å². The van der Waals surface area contributed by atoms with Crippen molar-refractivity contribution < 1.29 is 19.1 Å². The average molecular weight is 453 g/mol. The maximum Gasteiger partial charge on any atom is 0.311 e. The molecule has 0 N–H and O–H groups in total. The molecule has 31 heavy (non-hydrogen) atoms. The first-order valence-electron chi connectivity index (χ1n) is 12.2. The van der Waals surface area contributed by atoms with E-state index in [1.165, 1.54) is 32.1 Å². The van der Waals surface area contributed by atoms with Gasteiger partial charge in [0.25, 0.3) is 0 Å². The molecule has 0 aromatic heterocycles. The van der Waals surface area contributed by atoms with Crippen LogP contribution in [0.1, 0.15) is 109 Å². The third kappa shape index (κ3) is 15.0. The number of carbonyl (C=O) groups excluding carboxylic acids is 2. The summed E-state index contributed by atoms with van der Waals surface area (Å²) in [7, 11) is 0. The molecule has 176 valence electrons. The standard InChI is InChI=1S/C26H41ClO4/c1-3-4-5-6-9-12-15-20-30-25(28)16-13-10-7-8-11-14-17-26(29)31-24-19-18-23(27)21-22(24)2/h18-19,21H,3-17,20H2,1-2H3. The van der Waals surface area contributed by atoms with Crippen molar-refractivity contribution in [1.82, 2.24) is 0 Å². The Labute approximate surface area is 194 Å². The summed E-state index contributed by atoms with van der Waals surface area (Å²) in [4.78, 5) is 23.7. The van der Waals surface area contributed by atoms with Gasteiger partial charge in [-0.15, -0.1) is 0 Å². The van der Waals surface area contributed by atoms with Gasteiger partial charge in [-0.2, -0.15) is 0 Å². The molecule has 4 nitrogen and oxygen atoms in total. The summed E-state index contributed by atoms with van der Waals surface area (Å²) in [6.07, 6.45) is 15.4. The minimum Gasteiger partial charge on any atom is -0.466 e. The molecule has 0 bridgehead atoms. The van der Waals surface area contributed by atoms with E-state index in [1.807, 2.05) is 6.92 Å². The summed E-state index contributed by atoms with van der Waals surface area (Å²) in [6.45, 7) is 4.67. The first-order chi connectivity index (χ1) is 15.0. The van der Waals surface area contributed by atoms with E-state index >= 15 is 0 Å². The van der Waals surface area contributed by atoms with Gasteiger partial charge in [-0.1, -0.05) is 82.7 Å². The molecule has 0 atom stereocenters. The zero-order valence-corrected chi connectivity index (χ0v) is 20.3. The van der Waals surface area contributed by atoms with E-state index in [2.05, 4.69) is 6.92 Å². The van der Waals surface area contributed by atoms with Crippen LogP contribution in [-0.4, -0.2) is 18.5 Å². The number of hydrogen-bond acceptors (Lipinski definition) is 4. The molecule has 0 heterocycles. The first-order valence-corrected chi connectivity index (χ1v) is 12.5. The lowest BCUT2D eigenvalue weighted by atomic mass is 10.1. The second-order valence-corrected chi connectivity index (χ2v) is 8.78. The van der Waals surface area contributed by atoms with Gasteiger partial charge in [0.15, 0.2) is 0 Å². The maximum atomic E-state index is 11.9. The van der Waals surface area contributed by atoms with Crippen molar-refractivity contribution >= 4 is 23.5 Å². The third-order valence-corrected chi connectivity index (χ3v) is 5.62. The lowest BCUT2D eigenvalue weighted by molar-refractivity contribution is -0.144. The van der Waals surface area contributed by atoms with Gasteiger partial charge >= 0.3 is 11.9 Å². The van der Waals surface area contributed by atoms with Crippen LogP contribution in [0.15, 0.2) is 18.2 Å². The van der Waals surface area contributed by atoms with Gasteiger partial charge in [0.2, 0.25) is 0 Å². The van der Waals surface area contributed by atoms with E-state index in [4.69, 9.17) is 21.1 Å². The molecule has 0 spiro atoms. The molecular formula is C26H41ClO4. The van der Waals surface area contributed by atoms with E-state index in [-0.39, 0.29) is 11.9 Å². The Bertz CT molecular complexity index is 630. The van der Waals surface area contributed by atoms with Crippen molar-refractivity contribution in [1.29, 1.82) is 0 Å². The molecule has 0 aliphatic heterocycles. The predicted molar refractivity (Wildman–Crippen MR) is 128 cm³/mol. The van der Waals surface area contributed by atoms with Crippen LogP contribution in [0.4, 0.5) is 0 Å². The van der Waals surface area contributed by atoms with Crippen molar-refractivity contribution in [3.63, 3.8) is 0 Å². The molecule has 0 saturated carbocycles. The van der Waals surface area contributed by atoms with Crippen molar-refractivity contribution in [2.75, 3.05) is 6.61 Å². The summed E-state index contributed by atoms with van der Waals surface area (Å²) < 4.78 is 10.7. The van der Waals surface area contributed by atoms with Gasteiger partial charge in [-0.05, 0) is 49.9 Å². The first kappa shape index (κ1) is 27.5. The lowest BCUT2D eigenvalue weighted by Gasteiger charge is -2.07. The highest BCUT2D eigenvalue weighted by atomic mass is 35.5. The topological polar surface area (TPSA) is 52.6 Å². The fourth-order valence-corrected chi connectivity index (χ4v) is 3.69. The van der Waals surface area contributed by atoms with Gasteiger partial charge in [0, 0.05) is 17.9 Å². The van der Waals surface area contributed by atoms with Crippen LogP contribution in [0.2, 0.25) is 5.02 Å². The molecule has 5 heteroatoms. The van der Waals surface area contributed by atoms with Gasteiger partial charge in [0.05, 0.1) is 6.61 Å². The van der Waals surface area contributed by atoms with Crippen molar-refractivity contribution in [2.45, 2.75) is 110 Å². The Kier molecular flexibility index (Phi) is 16.0. The number of hydrogen-bond donors (Lipinski definition) is 0. The molecule has 1 aromatic carbocycles. The number of esters is 2. The molecule has 0 amide bonds. The summed E-state index contributed by atoms with van der Waals surface area (Å²) in [6, 6.07) is 5.24. The molecule has 0 aliphatic rings. The second-order valence-electron chi connectivity index (χ2n) is 8.35. The minimum absolute atomic E-state index is 0.0637. The van der Waals surface area contributed by atoms with Crippen LogP contribution in [0.5, 0.6) is 5.75 Å². The molecule has 0 unspecified atom stereocenters. The predicted octanol–water partition coefficient (Wildman–Crippen LogP) is 7.97. The number of aryl methyl sites for hydroxylation is 1. The van der Waals surface area contributed by atoms with Crippen molar-refractivity contribution in [2.24, 2.45) is 0 Å². The smallest absolute Gasteiger partial charge is 0.311 e. The fourth-order valence-electron chi connectivity index (χ4n) is 3.46. The Hall–Kier alpha value is -1.55. The minimum atomic E-state index is -0.200. The quantitative estimate of drug-likeness (QED) is 0.129. The van der Waals surface area contributed by atoms with E-state index in [0.717, 1.165) is 56.9 Å². The van der Waals surface area contributed by atoms with Gasteiger partial charge in [-0.25, -0.2) is 0 Å². The molecule has 1 rings (SSSR count). The monoisotopic (exact) mass is 452 g/mol. The fraction of sp³-hybridized carbons (Fsp3) is 0.692. The van der Waals surface area contributed by atoms with Crippen molar-refractivity contribution in [3.05, 3.63) is 28.8 Å². The highest BCUT2D eigenvalue weighted by Crippen LogP contribution is 2.22. The van der Waals surface area contributed by atoms with Crippen LogP contribution in [0.3, 0.4) is 0 Å². The van der Waals surface area contributed by atoms with E-state index in [1.54, 1.807) is 18.2 Å². The van der Waals surface area contributed by atoms with Crippen LogP contribution in [0.25, 0.3) is 0 Å². The SMILES string of the molecule is CCCCCCCCCOC(=O)CCCCCCCCC(=O)Oc1ccc(Cl)cc1C. The number of rotatable bonds is 18. The number of halogens is 1. The Morgan fingerprint density at radius 2 is 1.32 bits per heavy atom. The van der Waals surface area contributed by atoms with Crippen molar-refractivity contribution in [3.8, 4) is 5.75 Å². The Morgan fingerprint density at radius 3 is 1.94 bits per heavy atom. The number of ether oxygens (including phenoxy) is 2. The Morgan fingerprint density at radius 1 is 0.774 bits per heavy atom. The molecular weight excluding hydrogens is 412 g/mol. The summed E-state index contributed by atoms with van der Waals surface area (Å²) in [5.74, 6) is 0.314. The zero-order chi connectivity index (χ0) is 22.7. The van der Waals surface area contributed by atoms with Gasteiger partial charge in [-0.3, -0.25) is 9.59 Å². The molecule has 0 fully saturated rings. The van der Waals surface area contributed by atoms with Gasteiger partial charge < -0.3 is 9.47 Å². The lowest BCUT2D eigenvalue weighted by Crippen LogP contribution is -2.08. The summed E-state index contributed by atoms with van der Waals surface area (Å²) in [5.41, 5.74) is 0.863. The molecule has 0 radical (unpaired) electrons. The second kappa shape index (κ2) is 18.1. The zero-order valence-electron chi connectivity index (χ0n) is 19.6. The number of carbonyl (C=O) groups is 2. The molecule has 0 aliphatic carbocycles. The normalized spacial score (nSPS) is 10.8. The van der Waals surface area contributed by atoms with Crippen LogP contribution in [-0.2, 0) is 14.3 Å². The highest BCUT2D eigenvalue weighted by Gasteiger charge is 2.08. The molecule has 1 aromatic rings. The highest BCUT2D eigenvalue weighted by molar-refractivity contribution is 6.30. The van der Waals surface area contributed by atoms with Crippen LogP contribution >= 0.6 is 11.6 Å². The summed E-state index contributed by atoms with van der Waals surface area (Å²) >= 11 is 5.91. The summed E-state index contributed by atoms with van der Waals surface area (Å²) in [5, 5.41) is 0.638. The van der Waals surface area contributed by atoms with E-state index < -0.39 is 0 Å². The van der Waals surface area contributed by atoms with Gasteiger partial charge in [0.1, 0.15) is 5.75 Å².